The molecule has 1 amide bonds. The third-order valence-electron chi connectivity index (χ3n) is 6.70. The minimum atomic E-state index is -4.46. The maximum Gasteiger partial charge on any atom is 0.416 e. The molecule has 38 heavy (non-hydrogen) atoms. The van der Waals surface area contributed by atoms with Gasteiger partial charge in [0.05, 0.1) is 21.8 Å². The highest BCUT2D eigenvalue weighted by Crippen LogP contribution is 2.34. The van der Waals surface area contributed by atoms with Crippen LogP contribution in [-0.4, -0.2) is 30.5 Å². The van der Waals surface area contributed by atoms with Gasteiger partial charge in [0.1, 0.15) is 10.7 Å². The largest absolute Gasteiger partial charge is 0.416 e. The van der Waals surface area contributed by atoms with Crippen molar-refractivity contribution in [3.8, 4) is 17.1 Å². The van der Waals surface area contributed by atoms with E-state index in [4.69, 9.17) is 0 Å². The van der Waals surface area contributed by atoms with Gasteiger partial charge in [0.2, 0.25) is 0 Å². The van der Waals surface area contributed by atoms with Crippen LogP contribution < -0.4 is 5.32 Å². The van der Waals surface area contributed by atoms with Gasteiger partial charge in [-0.25, -0.2) is 4.68 Å². The molecular formula is C27H23F3N6OS. The Morgan fingerprint density at radius 2 is 1.84 bits per heavy atom. The van der Waals surface area contributed by atoms with E-state index in [1.54, 1.807) is 19.1 Å². The van der Waals surface area contributed by atoms with Crippen molar-refractivity contribution in [1.29, 1.82) is 0 Å². The zero-order valence-electron chi connectivity index (χ0n) is 20.4. The average Bonchev–Trinajstić information content (AvgIpc) is 3.54. The molecule has 1 aliphatic heterocycles. The standard InChI is InChI=1S/C27H23F3N6OS/c1-16-21-15-22(38-26(21)36(34-16)20-7-5-6-18(14-20)27(28,29)30)25(37)31-19-11-9-17(10-12-19)24-33-32-23-8-3-2-4-13-35(23)24/h5-7,9-12,14-15H,2-4,8,13H2,1H3,(H,31,37). The highest BCUT2D eigenvalue weighted by atomic mass is 32.1. The van der Waals surface area contributed by atoms with Gasteiger partial charge in [0.25, 0.3) is 5.91 Å². The van der Waals surface area contributed by atoms with Crippen molar-refractivity contribution in [2.75, 3.05) is 5.32 Å². The van der Waals surface area contributed by atoms with Crippen LogP contribution >= 0.6 is 11.3 Å². The fourth-order valence-electron chi connectivity index (χ4n) is 4.74. The lowest BCUT2D eigenvalue weighted by Gasteiger charge is -2.09. The van der Waals surface area contributed by atoms with E-state index >= 15 is 0 Å². The third kappa shape index (κ3) is 4.47. The van der Waals surface area contributed by atoms with E-state index in [0.717, 1.165) is 60.5 Å². The summed E-state index contributed by atoms with van der Waals surface area (Å²) in [6.07, 6.45) is -0.116. The number of aromatic nitrogens is 5. The predicted octanol–water partition coefficient (Wildman–Crippen LogP) is 6.65. The van der Waals surface area contributed by atoms with Gasteiger partial charge in [-0.2, -0.15) is 18.3 Å². The van der Waals surface area contributed by atoms with E-state index in [-0.39, 0.29) is 11.6 Å². The molecule has 0 aliphatic carbocycles. The molecule has 0 radical (unpaired) electrons. The number of hydrogen-bond donors (Lipinski definition) is 1. The zero-order chi connectivity index (χ0) is 26.4. The molecule has 1 N–H and O–H groups in total. The first-order valence-corrected chi connectivity index (χ1v) is 13.1. The van der Waals surface area contributed by atoms with Gasteiger partial charge < -0.3 is 9.88 Å². The number of carbonyl (C=O) groups is 1. The summed E-state index contributed by atoms with van der Waals surface area (Å²) >= 11 is 1.18. The number of anilines is 1. The molecule has 1 aliphatic rings. The molecule has 3 aromatic heterocycles. The molecule has 0 fully saturated rings. The number of nitrogens with zero attached hydrogens (tertiary/aromatic N) is 5. The van der Waals surface area contributed by atoms with E-state index in [1.165, 1.54) is 28.5 Å². The van der Waals surface area contributed by atoms with E-state index in [9.17, 15) is 18.0 Å². The number of aryl methyl sites for hydroxylation is 2. The second-order valence-corrected chi connectivity index (χ2v) is 10.3. The summed E-state index contributed by atoms with van der Waals surface area (Å²) < 4.78 is 43.3. The number of nitrogens with one attached hydrogen (secondary N) is 1. The summed E-state index contributed by atoms with van der Waals surface area (Å²) in [5.41, 5.74) is 1.72. The molecule has 2 aromatic carbocycles. The van der Waals surface area contributed by atoms with Crippen LogP contribution in [0.5, 0.6) is 0 Å². The van der Waals surface area contributed by atoms with E-state index in [0.29, 0.717) is 21.1 Å². The second-order valence-electron chi connectivity index (χ2n) is 9.31. The Morgan fingerprint density at radius 3 is 2.63 bits per heavy atom. The number of carbonyl (C=O) groups excluding carboxylic acids is 1. The lowest BCUT2D eigenvalue weighted by Crippen LogP contribution is -2.10. The van der Waals surface area contributed by atoms with Gasteiger partial charge in [0.15, 0.2) is 5.82 Å². The van der Waals surface area contributed by atoms with Crippen molar-refractivity contribution in [1.82, 2.24) is 24.5 Å². The van der Waals surface area contributed by atoms with Crippen LogP contribution in [0.4, 0.5) is 18.9 Å². The first kappa shape index (κ1) is 24.4. The van der Waals surface area contributed by atoms with Crippen molar-refractivity contribution < 1.29 is 18.0 Å². The average molecular weight is 537 g/mol. The zero-order valence-corrected chi connectivity index (χ0v) is 21.2. The number of halogens is 3. The Labute approximate surface area is 219 Å². The number of amides is 1. The summed E-state index contributed by atoms with van der Waals surface area (Å²) in [4.78, 5) is 14.1. The Kier molecular flexibility index (Phi) is 6.02. The SMILES string of the molecule is Cc1nn(-c2cccc(C(F)(F)F)c2)c2sc(C(=O)Nc3ccc(-c4nnc5n4CCCCC5)cc3)cc12. The molecule has 194 valence electrons. The van der Waals surface area contributed by atoms with E-state index < -0.39 is 11.7 Å². The van der Waals surface area contributed by atoms with Gasteiger partial charge in [-0.05, 0) is 68.3 Å². The van der Waals surface area contributed by atoms with Crippen molar-refractivity contribution in [3.05, 3.63) is 76.6 Å². The number of rotatable bonds is 4. The molecule has 0 spiro atoms. The first-order chi connectivity index (χ1) is 18.3. The molecule has 0 atom stereocenters. The number of benzene rings is 2. The Balaban J connectivity index is 1.24. The number of alkyl halides is 3. The minimum Gasteiger partial charge on any atom is -0.321 e. The van der Waals surface area contributed by atoms with Gasteiger partial charge in [-0.3, -0.25) is 4.79 Å². The molecule has 0 saturated carbocycles. The summed E-state index contributed by atoms with van der Waals surface area (Å²) in [6, 6.07) is 14.2. The molecule has 0 saturated heterocycles. The Bertz CT molecular complexity index is 1650. The van der Waals surface area contributed by atoms with Gasteiger partial charge >= 0.3 is 6.18 Å². The lowest BCUT2D eigenvalue weighted by molar-refractivity contribution is -0.137. The van der Waals surface area contributed by atoms with Crippen LogP contribution in [0.1, 0.15) is 46.0 Å². The highest BCUT2D eigenvalue weighted by Gasteiger charge is 2.31. The molecule has 7 nitrogen and oxygen atoms in total. The number of hydrogen-bond acceptors (Lipinski definition) is 5. The first-order valence-electron chi connectivity index (χ1n) is 12.3. The van der Waals surface area contributed by atoms with Crippen molar-refractivity contribution >= 4 is 33.1 Å². The molecule has 11 heteroatoms. The lowest BCUT2D eigenvalue weighted by atomic mass is 10.2. The third-order valence-corrected chi connectivity index (χ3v) is 7.81. The van der Waals surface area contributed by atoms with Gasteiger partial charge in [-0.15, -0.1) is 21.5 Å². The minimum absolute atomic E-state index is 0.286. The van der Waals surface area contributed by atoms with Crippen molar-refractivity contribution in [2.45, 2.75) is 45.3 Å². The number of fused-ring (bicyclic) bond motifs is 2. The normalized spacial score (nSPS) is 13.9. The molecule has 6 rings (SSSR count). The molecule has 4 heterocycles. The predicted molar refractivity (Wildman–Crippen MR) is 140 cm³/mol. The Hall–Kier alpha value is -3.99. The highest BCUT2D eigenvalue weighted by molar-refractivity contribution is 7.20. The quantitative estimate of drug-likeness (QED) is 0.279. The molecule has 0 unspecified atom stereocenters. The summed E-state index contributed by atoms with van der Waals surface area (Å²) in [5, 5.41) is 16.8. The molecule has 0 bridgehead atoms. The maximum atomic E-state index is 13.2. The fourth-order valence-corrected chi connectivity index (χ4v) is 5.82. The van der Waals surface area contributed by atoms with Gasteiger partial charge in [0, 0.05) is 29.6 Å². The molecule has 5 aromatic rings. The summed E-state index contributed by atoms with van der Waals surface area (Å²) in [7, 11) is 0. The topological polar surface area (TPSA) is 77.6 Å². The van der Waals surface area contributed by atoms with Crippen molar-refractivity contribution in [3.63, 3.8) is 0 Å². The smallest absolute Gasteiger partial charge is 0.321 e. The van der Waals surface area contributed by atoms with Crippen LogP contribution in [0.25, 0.3) is 27.3 Å². The van der Waals surface area contributed by atoms with Crippen LogP contribution in [0.2, 0.25) is 0 Å². The van der Waals surface area contributed by atoms with Crippen LogP contribution in [0.3, 0.4) is 0 Å². The molecular weight excluding hydrogens is 513 g/mol. The van der Waals surface area contributed by atoms with Crippen LogP contribution in [0, 0.1) is 6.92 Å². The van der Waals surface area contributed by atoms with Gasteiger partial charge in [-0.1, -0.05) is 12.5 Å². The van der Waals surface area contributed by atoms with E-state index in [2.05, 4.69) is 25.2 Å². The van der Waals surface area contributed by atoms with Crippen LogP contribution in [-0.2, 0) is 19.1 Å². The Morgan fingerprint density at radius 1 is 1.03 bits per heavy atom. The second kappa shape index (κ2) is 9.39. The van der Waals surface area contributed by atoms with Crippen LogP contribution in [0.15, 0.2) is 54.6 Å². The van der Waals surface area contributed by atoms with E-state index in [1.807, 2.05) is 24.3 Å². The summed E-state index contributed by atoms with van der Waals surface area (Å²) in [5.74, 6) is 1.54. The fraction of sp³-hybridized carbons (Fsp3) is 0.259. The monoisotopic (exact) mass is 536 g/mol. The maximum absolute atomic E-state index is 13.2. The number of thiophene rings is 1. The summed E-state index contributed by atoms with van der Waals surface area (Å²) in [6.45, 7) is 2.67. The van der Waals surface area contributed by atoms with Crippen molar-refractivity contribution in [2.24, 2.45) is 0 Å².